The minimum Gasteiger partial charge on any atom is -0.378 e. The summed E-state index contributed by atoms with van der Waals surface area (Å²) in [7, 11) is 3.33. The zero-order valence-electron chi connectivity index (χ0n) is 12.0. The molecule has 2 rings (SSSR count). The topological polar surface area (TPSA) is 70.7 Å². The summed E-state index contributed by atoms with van der Waals surface area (Å²) in [6.07, 6.45) is 0. The lowest BCUT2D eigenvalue weighted by atomic mass is 10.1. The number of carbonyl (C=O) groups excluding carboxylic acids is 2. The summed E-state index contributed by atoms with van der Waals surface area (Å²) >= 11 is 6.07. The molecule has 6 nitrogen and oxygen atoms in total. The Bertz CT molecular complexity index is 542. The number of benzene rings is 1. The molecule has 2 N–H and O–H groups in total. The highest BCUT2D eigenvalue weighted by Gasteiger charge is 2.22. The van der Waals surface area contributed by atoms with Crippen molar-refractivity contribution in [1.82, 2.24) is 10.2 Å². The van der Waals surface area contributed by atoms with E-state index in [1.165, 1.54) is 4.90 Å². The minimum atomic E-state index is -0.414. The smallest absolute Gasteiger partial charge is 0.253 e. The molecule has 114 valence electrons. The molecule has 1 aromatic carbocycles. The molecule has 1 unspecified atom stereocenters. The third-order valence-electron chi connectivity index (χ3n) is 3.12. The van der Waals surface area contributed by atoms with Crippen LogP contribution in [0.25, 0.3) is 0 Å². The SMILES string of the molecule is CN(C)C(=O)c1ccc(Cl)c(NC(=O)C2COCCN2)c1. The van der Waals surface area contributed by atoms with Crippen molar-refractivity contribution in [3.63, 3.8) is 0 Å². The summed E-state index contributed by atoms with van der Waals surface area (Å²) in [6.45, 7) is 1.54. The summed E-state index contributed by atoms with van der Waals surface area (Å²) in [6, 6.07) is 4.38. The van der Waals surface area contributed by atoms with Gasteiger partial charge in [0, 0.05) is 26.2 Å². The van der Waals surface area contributed by atoms with Gasteiger partial charge in [0.15, 0.2) is 0 Å². The Hall–Kier alpha value is -1.63. The second kappa shape index (κ2) is 6.89. The summed E-state index contributed by atoms with van der Waals surface area (Å²) in [5.41, 5.74) is 0.884. The normalized spacial score (nSPS) is 18.1. The van der Waals surface area contributed by atoms with E-state index in [1.54, 1.807) is 32.3 Å². The van der Waals surface area contributed by atoms with Crippen LogP contribution in [0.2, 0.25) is 5.02 Å². The predicted octanol–water partition coefficient (Wildman–Crippen LogP) is 0.969. The molecule has 0 radical (unpaired) electrons. The first-order valence-electron chi connectivity index (χ1n) is 6.62. The maximum Gasteiger partial charge on any atom is 0.253 e. The standard InChI is InChI=1S/C14H18ClN3O3/c1-18(2)14(20)9-3-4-10(15)11(7-9)17-13(19)12-8-21-6-5-16-12/h3-4,7,12,16H,5-6,8H2,1-2H3,(H,17,19). The molecular formula is C14H18ClN3O3. The fraction of sp³-hybridized carbons (Fsp3) is 0.429. The Morgan fingerprint density at radius 2 is 2.19 bits per heavy atom. The lowest BCUT2D eigenvalue weighted by Crippen LogP contribution is -2.48. The van der Waals surface area contributed by atoms with Gasteiger partial charge in [-0.05, 0) is 18.2 Å². The Balaban J connectivity index is 2.13. The van der Waals surface area contributed by atoms with Crippen molar-refractivity contribution in [2.75, 3.05) is 39.2 Å². The summed E-state index contributed by atoms with van der Waals surface area (Å²) in [5, 5.41) is 6.17. The van der Waals surface area contributed by atoms with Gasteiger partial charge in [0.25, 0.3) is 5.91 Å². The number of amides is 2. The van der Waals surface area contributed by atoms with Crippen molar-refractivity contribution < 1.29 is 14.3 Å². The summed E-state index contributed by atoms with van der Waals surface area (Å²) in [4.78, 5) is 25.5. The second-order valence-electron chi connectivity index (χ2n) is 4.97. The van der Waals surface area contributed by atoms with Crippen LogP contribution in [0.5, 0.6) is 0 Å². The molecule has 21 heavy (non-hydrogen) atoms. The van der Waals surface area contributed by atoms with E-state index < -0.39 is 6.04 Å². The van der Waals surface area contributed by atoms with Gasteiger partial charge in [-0.15, -0.1) is 0 Å². The maximum absolute atomic E-state index is 12.1. The van der Waals surface area contributed by atoms with Crippen LogP contribution in [0.4, 0.5) is 5.69 Å². The zero-order valence-corrected chi connectivity index (χ0v) is 12.7. The number of anilines is 1. The molecule has 1 fully saturated rings. The zero-order chi connectivity index (χ0) is 15.4. The van der Waals surface area contributed by atoms with Crippen LogP contribution in [-0.2, 0) is 9.53 Å². The third kappa shape index (κ3) is 3.93. The average molecular weight is 312 g/mol. The highest BCUT2D eigenvalue weighted by Crippen LogP contribution is 2.23. The monoisotopic (exact) mass is 311 g/mol. The van der Waals surface area contributed by atoms with Gasteiger partial charge in [0.2, 0.25) is 5.91 Å². The van der Waals surface area contributed by atoms with Crippen molar-refractivity contribution in [2.24, 2.45) is 0 Å². The number of ether oxygens (including phenoxy) is 1. The van der Waals surface area contributed by atoms with E-state index in [4.69, 9.17) is 16.3 Å². The van der Waals surface area contributed by atoms with Crippen LogP contribution in [0, 0.1) is 0 Å². The van der Waals surface area contributed by atoms with Gasteiger partial charge >= 0.3 is 0 Å². The predicted molar refractivity (Wildman–Crippen MR) is 80.7 cm³/mol. The van der Waals surface area contributed by atoms with Gasteiger partial charge in [-0.25, -0.2) is 0 Å². The summed E-state index contributed by atoms with van der Waals surface area (Å²) in [5.74, 6) is -0.382. The van der Waals surface area contributed by atoms with Crippen LogP contribution in [-0.4, -0.2) is 56.6 Å². The van der Waals surface area contributed by atoms with E-state index in [1.807, 2.05) is 0 Å². The van der Waals surface area contributed by atoms with Crippen LogP contribution >= 0.6 is 11.6 Å². The molecule has 1 saturated heterocycles. The Morgan fingerprint density at radius 1 is 1.43 bits per heavy atom. The van der Waals surface area contributed by atoms with Crippen LogP contribution in [0.15, 0.2) is 18.2 Å². The molecular weight excluding hydrogens is 294 g/mol. The lowest BCUT2D eigenvalue weighted by Gasteiger charge is -2.23. The van der Waals surface area contributed by atoms with Crippen molar-refractivity contribution in [2.45, 2.75) is 6.04 Å². The first-order valence-corrected chi connectivity index (χ1v) is 7.00. The van der Waals surface area contributed by atoms with Gasteiger partial charge in [0.05, 0.1) is 23.9 Å². The average Bonchev–Trinajstić information content (AvgIpc) is 2.49. The molecule has 0 aromatic heterocycles. The fourth-order valence-corrected chi connectivity index (χ4v) is 2.13. The van der Waals surface area contributed by atoms with E-state index in [0.29, 0.717) is 36.0 Å². The highest BCUT2D eigenvalue weighted by molar-refractivity contribution is 6.34. The Kier molecular flexibility index (Phi) is 5.17. The van der Waals surface area contributed by atoms with Crippen LogP contribution in [0.3, 0.4) is 0 Å². The van der Waals surface area contributed by atoms with Crippen molar-refractivity contribution in [3.05, 3.63) is 28.8 Å². The number of halogens is 1. The Morgan fingerprint density at radius 3 is 2.81 bits per heavy atom. The fourth-order valence-electron chi connectivity index (χ4n) is 1.97. The number of rotatable bonds is 3. The van der Waals surface area contributed by atoms with Gasteiger partial charge in [-0.3, -0.25) is 9.59 Å². The van der Waals surface area contributed by atoms with Crippen molar-refractivity contribution >= 4 is 29.1 Å². The van der Waals surface area contributed by atoms with Crippen molar-refractivity contribution in [3.8, 4) is 0 Å². The largest absolute Gasteiger partial charge is 0.378 e. The molecule has 0 bridgehead atoms. The van der Waals surface area contributed by atoms with E-state index in [-0.39, 0.29) is 11.8 Å². The molecule has 0 aliphatic carbocycles. The highest BCUT2D eigenvalue weighted by atomic mass is 35.5. The lowest BCUT2D eigenvalue weighted by molar-refractivity contribution is -0.120. The summed E-state index contributed by atoms with van der Waals surface area (Å²) < 4.78 is 5.25. The molecule has 1 aliphatic rings. The number of nitrogens with zero attached hydrogens (tertiary/aromatic N) is 1. The van der Waals surface area contributed by atoms with Gasteiger partial charge < -0.3 is 20.3 Å². The van der Waals surface area contributed by atoms with E-state index in [0.717, 1.165) is 0 Å². The number of nitrogens with one attached hydrogen (secondary N) is 2. The van der Waals surface area contributed by atoms with Crippen LogP contribution < -0.4 is 10.6 Å². The van der Waals surface area contributed by atoms with Gasteiger partial charge in [-0.1, -0.05) is 11.6 Å². The van der Waals surface area contributed by atoms with Crippen LogP contribution in [0.1, 0.15) is 10.4 Å². The molecule has 0 saturated carbocycles. The molecule has 1 atom stereocenters. The first kappa shape index (κ1) is 15.8. The van der Waals surface area contributed by atoms with Crippen molar-refractivity contribution in [1.29, 1.82) is 0 Å². The Labute approximate surface area is 128 Å². The number of hydrogen-bond acceptors (Lipinski definition) is 4. The van der Waals surface area contributed by atoms with Gasteiger partial charge in [-0.2, -0.15) is 0 Å². The minimum absolute atomic E-state index is 0.152. The molecule has 0 spiro atoms. The molecule has 7 heteroatoms. The van der Waals surface area contributed by atoms with Gasteiger partial charge in [0.1, 0.15) is 6.04 Å². The quantitative estimate of drug-likeness (QED) is 0.872. The number of morpholine rings is 1. The molecule has 1 aromatic rings. The van der Waals surface area contributed by atoms with E-state index in [9.17, 15) is 9.59 Å². The van der Waals surface area contributed by atoms with E-state index in [2.05, 4.69) is 10.6 Å². The maximum atomic E-state index is 12.1. The van der Waals surface area contributed by atoms with E-state index >= 15 is 0 Å². The molecule has 1 aliphatic heterocycles. The number of hydrogen-bond donors (Lipinski definition) is 2. The number of carbonyl (C=O) groups is 2. The second-order valence-corrected chi connectivity index (χ2v) is 5.37. The third-order valence-corrected chi connectivity index (χ3v) is 3.45. The first-order chi connectivity index (χ1) is 9.99. The molecule has 2 amide bonds. The molecule has 1 heterocycles.